The van der Waals surface area contributed by atoms with Crippen LogP contribution in [0.1, 0.15) is 29.8 Å². The van der Waals surface area contributed by atoms with Gasteiger partial charge >= 0.3 is 6.18 Å². The maximum atomic E-state index is 12.9. The number of halogens is 4. The number of amides is 1. The molecular formula is C20H31F3IN5O. The van der Waals surface area contributed by atoms with Crippen molar-refractivity contribution < 1.29 is 18.0 Å². The second-order valence-corrected chi connectivity index (χ2v) is 7.01. The zero-order valence-electron chi connectivity index (χ0n) is 17.6. The third-order valence-electron chi connectivity index (χ3n) is 5.05. The summed E-state index contributed by atoms with van der Waals surface area (Å²) < 4.78 is 38.8. The van der Waals surface area contributed by atoms with E-state index in [-0.39, 0.29) is 29.9 Å². The highest BCUT2D eigenvalue weighted by atomic mass is 127. The topological polar surface area (TPSA) is 60.0 Å². The molecular weight excluding hydrogens is 510 g/mol. The van der Waals surface area contributed by atoms with Gasteiger partial charge in [-0.3, -0.25) is 14.7 Å². The summed E-state index contributed by atoms with van der Waals surface area (Å²) in [7, 11) is 1.59. The second-order valence-electron chi connectivity index (χ2n) is 7.01. The molecule has 0 bridgehead atoms. The van der Waals surface area contributed by atoms with Crippen LogP contribution in [-0.4, -0.2) is 80.2 Å². The van der Waals surface area contributed by atoms with Gasteiger partial charge in [-0.15, -0.1) is 24.0 Å². The number of hydrogen-bond acceptors (Lipinski definition) is 3. The number of nitrogens with one attached hydrogen (secondary N) is 2. The van der Waals surface area contributed by atoms with Crippen molar-refractivity contribution in [2.24, 2.45) is 4.99 Å². The van der Waals surface area contributed by atoms with Gasteiger partial charge < -0.3 is 15.5 Å². The number of nitrogens with zero attached hydrogens (tertiary/aromatic N) is 3. The SMILES string of the molecule is CCNC(=NCCc1cccc(C(=O)NC)c1)N1CCN(C(C)C(F)(F)F)CC1.I. The van der Waals surface area contributed by atoms with Crippen molar-refractivity contribution in [3.63, 3.8) is 0 Å². The lowest BCUT2D eigenvalue weighted by Crippen LogP contribution is -2.56. The quantitative estimate of drug-likeness (QED) is 0.331. The number of carbonyl (C=O) groups excluding carboxylic acids is 1. The van der Waals surface area contributed by atoms with E-state index >= 15 is 0 Å². The predicted molar refractivity (Wildman–Crippen MR) is 124 cm³/mol. The summed E-state index contributed by atoms with van der Waals surface area (Å²) in [6, 6.07) is 5.97. The second kappa shape index (κ2) is 12.3. The van der Waals surface area contributed by atoms with Crippen molar-refractivity contribution in [1.82, 2.24) is 20.4 Å². The maximum absolute atomic E-state index is 12.9. The van der Waals surface area contributed by atoms with E-state index in [0.717, 1.165) is 5.56 Å². The first-order chi connectivity index (χ1) is 13.8. The van der Waals surface area contributed by atoms with E-state index in [1.807, 2.05) is 30.0 Å². The van der Waals surface area contributed by atoms with Crippen molar-refractivity contribution in [2.45, 2.75) is 32.5 Å². The van der Waals surface area contributed by atoms with Gasteiger partial charge in [-0.25, -0.2) is 0 Å². The van der Waals surface area contributed by atoms with Crippen molar-refractivity contribution in [1.29, 1.82) is 0 Å². The number of guanidine groups is 1. The first-order valence-corrected chi connectivity index (χ1v) is 9.91. The van der Waals surface area contributed by atoms with E-state index in [2.05, 4.69) is 15.6 Å². The predicted octanol–water partition coefficient (Wildman–Crippen LogP) is 2.74. The highest BCUT2D eigenvalue weighted by Gasteiger charge is 2.41. The van der Waals surface area contributed by atoms with Crippen LogP contribution in [0.3, 0.4) is 0 Å². The zero-order valence-corrected chi connectivity index (χ0v) is 20.0. The first kappa shape index (κ1) is 26.5. The smallest absolute Gasteiger partial charge is 0.357 e. The molecule has 1 aliphatic rings. The molecule has 1 aromatic rings. The highest BCUT2D eigenvalue weighted by Crippen LogP contribution is 2.25. The molecule has 6 nitrogen and oxygen atoms in total. The monoisotopic (exact) mass is 541 g/mol. The molecule has 1 saturated heterocycles. The van der Waals surface area contributed by atoms with Gasteiger partial charge in [-0.1, -0.05) is 12.1 Å². The van der Waals surface area contributed by atoms with Gasteiger partial charge in [0.05, 0.1) is 0 Å². The van der Waals surface area contributed by atoms with Gasteiger partial charge in [0.1, 0.15) is 6.04 Å². The van der Waals surface area contributed by atoms with Gasteiger partial charge in [0.15, 0.2) is 5.96 Å². The number of hydrogen-bond donors (Lipinski definition) is 2. The number of piperazine rings is 1. The Kier molecular flexibility index (Phi) is 10.9. The lowest BCUT2D eigenvalue weighted by Gasteiger charge is -2.39. The summed E-state index contributed by atoms with van der Waals surface area (Å²) in [6.45, 7) is 6.07. The zero-order chi connectivity index (χ0) is 21.4. The van der Waals surface area contributed by atoms with Crippen LogP contribution in [0.4, 0.5) is 13.2 Å². The van der Waals surface area contributed by atoms with Crippen LogP contribution in [0.5, 0.6) is 0 Å². The van der Waals surface area contributed by atoms with Gasteiger partial charge in [0.2, 0.25) is 0 Å². The molecule has 0 aliphatic carbocycles. The average molecular weight is 541 g/mol. The Hall–Kier alpha value is -1.56. The van der Waals surface area contributed by atoms with Crippen molar-refractivity contribution in [3.8, 4) is 0 Å². The van der Waals surface area contributed by atoms with Gasteiger partial charge in [-0.05, 0) is 38.0 Å². The summed E-state index contributed by atoms with van der Waals surface area (Å²) in [5, 5.41) is 5.83. The highest BCUT2D eigenvalue weighted by molar-refractivity contribution is 14.0. The minimum atomic E-state index is -4.20. The molecule has 0 saturated carbocycles. The molecule has 0 aromatic heterocycles. The van der Waals surface area contributed by atoms with E-state index in [4.69, 9.17) is 0 Å². The van der Waals surface area contributed by atoms with E-state index in [9.17, 15) is 18.0 Å². The summed E-state index contributed by atoms with van der Waals surface area (Å²) in [5.74, 6) is 0.587. The van der Waals surface area contributed by atoms with Crippen molar-refractivity contribution in [2.75, 3.05) is 46.3 Å². The van der Waals surface area contributed by atoms with Gasteiger partial charge in [-0.2, -0.15) is 13.2 Å². The fourth-order valence-electron chi connectivity index (χ4n) is 3.26. The van der Waals surface area contributed by atoms with Crippen LogP contribution >= 0.6 is 24.0 Å². The Morgan fingerprint density at radius 3 is 2.47 bits per heavy atom. The first-order valence-electron chi connectivity index (χ1n) is 9.91. The average Bonchev–Trinajstić information content (AvgIpc) is 2.71. The molecule has 1 atom stereocenters. The Morgan fingerprint density at radius 1 is 1.23 bits per heavy atom. The molecule has 30 heavy (non-hydrogen) atoms. The standard InChI is InChI=1S/C20H30F3N5O.HI/c1-4-25-19(28-12-10-27(11-13-28)15(2)20(21,22)23)26-9-8-16-6-5-7-17(14-16)18(29)24-3;/h5-7,14-15H,4,8-13H2,1-3H3,(H,24,29)(H,25,26);1H. The van der Waals surface area contributed by atoms with Gasteiger partial charge in [0, 0.05) is 51.9 Å². The Bertz CT molecular complexity index is 706. The van der Waals surface area contributed by atoms with Crippen molar-refractivity contribution in [3.05, 3.63) is 35.4 Å². The van der Waals surface area contributed by atoms with Crippen molar-refractivity contribution >= 4 is 35.8 Å². The summed E-state index contributed by atoms with van der Waals surface area (Å²) in [6.07, 6.45) is -3.53. The van der Waals surface area contributed by atoms with E-state index in [1.165, 1.54) is 11.8 Å². The molecule has 1 amide bonds. The number of alkyl halides is 3. The molecule has 0 radical (unpaired) electrons. The van der Waals surface area contributed by atoms with Crippen LogP contribution in [0.15, 0.2) is 29.3 Å². The molecule has 1 unspecified atom stereocenters. The molecule has 1 heterocycles. The third-order valence-corrected chi connectivity index (χ3v) is 5.05. The largest absolute Gasteiger partial charge is 0.403 e. The minimum absolute atomic E-state index is 0. The van der Waals surface area contributed by atoms with Gasteiger partial charge in [0.25, 0.3) is 5.91 Å². The summed E-state index contributed by atoms with van der Waals surface area (Å²) >= 11 is 0. The van der Waals surface area contributed by atoms with Crippen LogP contribution in [0.25, 0.3) is 0 Å². The number of aliphatic imine (C=N–C) groups is 1. The van der Waals surface area contributed by atoms with Crippen LogP contribution in [-0.2, 0) is 6.42 Å². The fourth-order valence-corrected chi connectivity index (χ4v) is 3.26. The molecule has 1 aromatic carbocycles. The summed E-state index contributed by atoms with van der Waals surface area (Å²) in [5.41, 5.74) is 1.62. The van der Waals surface area contributed by atoms with E-state index < -0.39 is 12.2 Å². The Morgan fingerprint density at radius 2 is 1.90 bits per heavy atom. The maximum Gasteiger partial charge on any atom is 0.403 e. The fraction of sp³-hybridized carbons (Fsp3) is 0.600. The lowest BCUT2D eigenvalue weighted by molar-refractivity contribution is -0.181. The third kappa shape index (κ3) is 7.60. The van der Waals surface area contributed by atoms with Crippen LogP contribution in [0, 0.1) is 0 Å². The molecule has 1 aliphatic heterocycles. The van der Waals surface area contributed by atoms with E-state index in [0.29, 0.717) is 57.2 Å². The summed E-state index contributed by atoms with van der Waals surface area (Å²) in [4.78, 5) is 19.8. The Labute approximate surface area is 193 Å². The normalized spacial score (nSPS) is 16.6. The minimum Gasteiger partial charge on any atom is -0.357 e. The lowest BCUT2D eigenvalue weighted by atomic mass is 10.1. The number of benzene rings is 1. The molecule has 1 fully saturated rings. The molecule has 170 valence electrons. The molecule has 2 rings (SSSR count). The van der Waals surface area contributed by atoms with E-state index in [1.54, 1.807) is 13.1 Å². The molecule has 2 N–H and O–H groups in total. The Balaban J connectivity index is 0.00000450. The molecule has 10 heteroatoms. The number of rotatable bonds is 6. The molecule has 0 spiro atoms. The van der Waals surface area contributed by atoms with Crippen LogP contribution < -0.4 is 10.6 Å². The van der Waals surface area contributed by atoms with Crippen LogP contribution in [0.2, 0.25) is 0 Å². The number of carbonyl (C=O) groups is 1.